The van der Waals surface area contributed by atoms with Crippen molar-refractivity contribution >= 4 is 5.97 Å². The summed E-state index contributed by atoms with van der Waals surface area (Å²) in [4.78, 5) is 13.3. The second-order valence-electron chi connectivity index (χ2n) is 6.43. The van der Waals surface area contributed by atoms with Gasteiger partial charge in [-0.05, 0) is 26.8 Å². The molecule has 0 bridgehead atoms. The van der Waals surface area contributed by atoms with Crippen molar-refractivity contribution < 1.29 is 19.2 Å². The summed E-state index contributed by atoms with van der Waals surface area (Å²) in [6.45, 7) is 8.84. The number of hydrogen-bond acceptors (Lipinski definition) is 4. The van der Waals surface area contributed by atoms with E-state index in [-0.39, 0.29) is 17.8 Å². The lowest BCUT2D eigenvalue weighted by atomic mass is 9.94. The first-order valence-electron chi connectivity index (χ1n) is 7.97. The molecule has 0 aromatic rings. The number of rotatable bonds is 4. The van der Waals surface area contributed by atoms with Crippen molar-refractivity contribution in [2.24, 2.45) is 0 Å². The summed E-state index contributed by atoms with van der Waals surface area (Å²) >= 11 is 0. The zero-order valence-corrected chi connectivity index (χ0v) is 13.7. The molecule has 0 spiro atoms. The Morgan fingerprint density at radius 3 is 2.73 bits per heavy atom. The monoisotopic (exact) mass is 305 g/mol. The smallest absolute Gasteiger partial charge is 0.348 e. The maximum absolute atomic E-state index is 11.8. The number of likely N-dealkylation sites (tertiary alicyclic amines) is 1. The summed E-state index contributed by atoms with van der Waals surface area (Å²) in [5.74, 6) is -0.557. The van der Waals surface area contributed by atoms with Crippen molar-refractivity contribution in [2.75, 3.05) is 26.3 Å². The normalized spacial score (nSPS) is 22.5. The summed E-state index contributed by atoms with van der Waals surface area (Å²) in [5.41, 5.74) is 2.10. The molecule has 1 fully saturated rings. The number of quaternary nitrogens is 1. The van der Waals surface area contributed by atoms with Crippen LogP contribution >= 0.6 is 0 Å². The minimum atomic E-state index is -0.557. The van der Waals surface area contributed by atoms with E-state index >= 15 is 0 Å². The molecule has 22 heavy (non-hydrogen) atoms. The van der Waals surface area contributed by atoms with Gasteiger partial charge in [0.1, 0.15) is 17.3 Å². The Hall–Kier alpha value is -1.64. The highest BCUT2D eigenvalue weighted by Gasteiger charge is 2.34. The fraction of sp³-hybridized carbons (Fsp3) is 0.647. The lowest BCUT2D eigenvalue weighted by Gasteiger charge is -2.34. The van der Waals surface area contributed by atoms with E-state index in [9.17, 15) is 10.1 Å². The summed E-state index contributed by atoms with van der Waals surface area (Å²) in [7, 11) is 0. The van der Waals surface area contributed by atoms with E-state index in [0.29, 0.717) is 6.61 Å². The van der Waals surface area contributed by atoms with E-state index in [1.165, 1.54) is 23.4 Å². The zero-order valence-electron chi connectivity index (χ0n) is 13.7. The Balaban J connectivity index is 2.34. The topological polar surface area (TPSA) is 63.8 Å². The van der Waals surface area contributed by atoms with Gasteiger partial charge >= 0.3 is 5.97 Å². The van der Waals surface area contributed by atoms with Gasteiger partial charge in [-0.1, -0.05) is 0 Å². The lowest BCUT2D eigenvalue weighted by Crippen LogP contribution is -3.08. The highest BCUT2D eigenvalue weighted by Crippen LogP contribution is 2.27. The van der Waals surface area contributed by atoms with Gasteiger partial charge < -0.3 is 14.4 Å². The molecule has 0 aromatic carbocycles. The summed E-state index contributed by atoms with van der Waals surface area (Å²) in [5, 5.41) is 9.22. The number of esters is 1. The van der Waals surface area contributed by atoms with E-state index in [1.54, 1.807) is 13.0 Å². The zero-order chi connectivity index (χ0) is 16.2. The van der Waals surface area contributed by atoms with Crippen molar-refractivity contribution in [3.05, 3.63) is 22.9 Å². The van der Waals surface area contributed by atoms with E-state index in [4.69, 9.17) is 9.47 Å². The molecule has 0 aromatic heterocycles. The van der Waals surface area contributed by atoms with Crippen LogP contribution in [-0.2, 0) is 14.3 Å². The molecular weight excluding hydrogens is 280 g/mol. The number of carbonyl (C=O) groups excluding carboxylic acids is 1. The largest absolute Gasteiger partial charge is 0.462 e. The van der Waals surface area contributed by atoms with Gasteiger partial charge in [-0.15, -0.1) is 0 Å². The first-order chi connectivity index (χ1) is 10.5. The molecule has 0 saturated carbocycles. The fourth-order valence-electron chi connectivity index (χ4n) is 3.05. The van der Waals surface area contributed by atoms with Crippen LogP contribution in [0.25, 0.3) is 0 Å². The van der Waals surface area contributed by atoms with Gasteiger partial charge in [0.2, 0.25) is 0 Å². The van der Waals surface area contributed by atoms with Crippen molar-refractivity contribution in [3.63, 3.8) is 0 Å². The average Bonchev–Trinajstić information content (AvgIpc) is 2.99. The van der Waals surface area contributed by atoms with Crippen LogP contribution in [0.1, 0.15) is 40.0 Å². The van der Waals surface area contributed by atoms with Crippen LogP contribution in [0.3, 0.4) is 0 Å². The molecule has 5 heteroatoms. The van der Waals surface area contributed by atoms with Gasteiger partial charge in [0.25, 0.3) is 0 Å². The van der Waals surface area contributed by atoms with Gasteiger partial charge in [0.05, 0.1) is 38.3 Å². The average molecular weight is 305 g/mol. The number of ether oxygens (including phenoxy) is 2. The summed E-state index contributed by atoms with van der Waals surface area (Å²) < 4.78 is 10.8. The van der Waals surface area contributed by atoms with Crippen molar-refractivity contribution in [2.45, 2.75) is 45.6 Å². The summed E-state index contributed by atoms with van der Waals surface area (Å²) in [6, 6.07) is 1.95. The Morgan fingerprint density at radius 1 is 1.45 bits per heavy atom. The first kappa shape index (κ1) is 16.7. The van der Waals surface area contributed by atoms with Gasteiger partial charge in [0, 0.05) is 18.4 Å². The van der Waals surface area contributed by atoms with Crippen LogP contribution in [0.5, 0.6) is 0 Å². The third-order valence-electron chi connectivity index (χ3n) is 4.18. The van der Waals surface area contributed by atoms with Crippen LogP contribution in [0.2, 0.25) is 0 Å². The Labute approximate surface area is 132 Å². The van der Waals surface area contributed by atoms with Gasteiger partial charge in [-0.25, -0.2) is 4.79 Å². The number of hydrogen-bond donors (Lipinski definition) is 1. The van der Waals surface area contributed by atoms with Crippen LogP contribution in [0.4, 0.5) is 0 Å². The number of carbonyl (C=O) groups is 1. The molecule has 1 saturated heterocycles. The second kappa shape index (κ2) is 7.08. The van der Waals surface area contributed by atoms with Crippen molar-refractivity contribution in [1.29, 1.82) is 5.26 Å². The molecule has 0 radical (unpaired) electrons. The highest BCUT2D eigenvalue weighted by molar-refractivity contribution is 5.93. The molecule has 2 rings (SSSR count). The molecular formula is C17H25N2O3+. The summed E-state index contributed by atoms with van der Waals surface area (Å²) in [6.07, 6.45) is 4.93. The van der Waals surface area contributed by atoms with Crippen LogP contribution in [0.15, 0.2) is 22.9 Å². The molecule has 2 aliphatic heterocycles. The fourth-order valence-corrected chi connectivity index (χ4v) is 3.05. The maximum Gasteiger partial charge on any atom is 0.348 e. The standard InChI is InChI=1S/C17H24N2O3/c1-4-21-16(20)13(11-18)9-14-12-22-17(2,3)10-15(14)19-7-5-6-8-19/h9H,4-8,10,12H2,1-3H3/p+1/b13-9+. The van der Waals surface area contributed by atoms with Gasteiger partial charge in [-0.3, -0.25) is 0 Å². The molecule has 0 unspecified atom stereocenters. The van der Waals surface area contributed by atoms with E-state index in [0.717, 1.165) is 25.1 Å². The SMILES string of the molecule is CCOC(=O)/C(C#N)=C/C1=C([NH+]2CCCC2)CC(C)(C)OC1. The number of nitrogens with one attached hydrogen (secondary N) is 1. The Bertz CT molecular complexity index is 535. The quantitative estimate of drug-likeness (QED) is 0.480. The van der Waals surface area contributed by atoms with Crippen molar-refractivity contribution in [1.82, 2.24) is 0 Å². The molecule has 120 valence electrons. The Morgan fingerprint density at radius 2 is 2.14 bits per heavy atom. The van der Waals surface area contributed by atoms with Crippen LogP contribution in [0, 0.1) is 11.3 Å². The highest BCUT2D eigenvalue weighted by atomic mass is 16.5. The molecule has 0 atom stereocenters. The second-order valence-corrected chi connectivity index (χ2v) is 6.43. The molecule has 0 aliphatic carbocycles. The van der Waals surface area contributed by atoms with Gasteiger partial charge in [0.15, 0.2) is 0 Å². The van der Waals surface area contributed by atoms with E-state index in [1.807, 2.05) is 6.07 Å². The predicted octanol–water partition coefficient (Wildman–Crippen LogP) is 1.13. The van der Waals surface area contributed by atoms with Crippen LogP contribution in [-0.4, -0.2) is 37.9 Å². The first-order valence-corrected chi connectivity index (χ1v) is 7.97. The molecule has 1 N–H and O–H groups in total. The predicted molar refractivity (Wildman–Crippen MR) is 81.9 cm³/mol. The van der Waals surface area contributed by atoms with Crippen LogP contribution < -0.4 is 4.90 Å². The minimum absolute atomic E-state index is 0.0521. The van der Waals surface area contributed by atoms with E-state index in [2.05, 4.69) is 13.8 Å². The maximum atomic E-state index is 11.8. The van der Waals surface area contributed by atoms with Gasteiger partial charge in [-0.2, -0.15) is 5.26 Å². The molecule has 5 nitrogen and oxygen atoms in total. The third-order valence-corrected chi connectivity index (χ3v) is 4.18. The molecule has 0 amide bonds. The lowest BCUT2D eigenvalue weighted by molar-refractivity contribution is -0.850. The minimum Gasteiger partial charge on any atom is -0.462 e. The Kier molecular flexibility index (Phi) is 5.38. The number of nitrogens with zero attached hydrogens (tertiary/aromatic N) is 1. The number of nitriles is 1. The third kappa shape index (κ3) is 3.96. The molecule has 2 heterocycles. The van der Waals surface area contributed by atoms with Crippen molar-refractivity contribution in [3.8, 4) is 6.07 Å². The van der Waals surface area contributed by atoms with E-state index < -0.39 is 5.97 Å². The molecule has 2 aliphatic rings.